The molecular weight excluding hydrogens is 338 g/mol. The zero-order valence-electron chi connectivity index (χ0n) is 15.0. The van der Waals surface area contributed by atoms with E-state index < -0.39 is 17.7 Å². The first kappa shape index (κ1) is 19.4. The first-order chi connectivity index (χ1) is 12.3. The highest BCUT2D eigenvalue weighted by molar-refractivity contribution is 5.99. The van der Waals surface area contributed by atoms with Gasteiger partial charge in [-0.1, -0.05) is 0 Å². The van der Waals surface area contributed by atoms with Gasteiger partial charge in [0.05, 0.1) is 0 Å². The Balaban J connectivity index is 1.87. The molecule has 9 heteroatoms. The number of benzene rings is 1. The molecule has 0 spiro atoms. The summed E-state index contributed by atoms with van der Waals surface area (Å²) < 4.78 is 6.81. The van der Waals surface area contributed by atoms with Gasteiger partial charge in [-0.25, -0.2) is 9.78 Å². The number of aromatic nitrogens is 2. The molecular formula is C17H23N5O4. The minimum atomic E-state index is -0.588. The number of ether oxygens (including phenoxy) is 1. The first-order valence-electron chi connectivity index (χ1n) is 8.00. The predicted octanol–water partition coefficient (Wildman–Crippen LogP) is 0.726. The molecule has 26 heavy (non-hydrogen) atoms. The summed E-state index contributed by atoms with van der Waals surface area (Å²) in [7, 11) is 5.31. The van der Waals surface area contributed by atoms with Crippen molar-refractivity contribution in [1.29, 1.82) is 0 Å². The summed E-state index contributed by atoms with van der Waals surface area (Å²) in [6.07, 6.45) is 2.34. The van der Waals surface area contributed by atoms with Crippen LogP contribution < -0.4 is 20.9 Å². The Bertz CT molecular complexity index is 788. The van der Waals surface area contributed by atoms with Crippen molar-refractivity contribution in [3.63, 3.8) is 0 Å². The van der Waals surface area contributed by atoms with Gasteiger partial charge >= 0.3 is 6.03 Å². The van der Waals surface area contributed by atoms with Gasteiger partial charge in [0.1, 0.15) is 18.5 Å². The SMILES string of the molecule is CN(C)CC(O)COc1ccc(NC(=O)Nc2nccn(C)c2=O)cc1. The normalized spacial score (nSPS) is 11.9. The number of anilines is 2. The maximum Gasteiger partial charge on any atom is 0.325 e. The number of hydrogen-bond acceptors (Lipinski definition) is 6. The Morgan fingerprint density at radius 1 is 1.31 bits per heavy atom. The van der Waals surface area contributed by atoms with Crippen LogP contribution in [0.3, 0.4) is 0 Å². The van der Waals surface area contributed by atoms with Crippen molar-refractivity contribution in [3.8, 4) is 5.75 Å². The minimum Gasteiger partial charge on any atom is -0.491 e. The summed E-state index contributed by atoms with van der Waals surface area (Å²) in [4.78, 5) is 29.5. The quantitative estimate of drug-likeness (QED) is 0.671. The van der Waals surface area contributed by atoms with Crippen molar-refractivity contribution < 1.29 is 14.6 Å². The van der Waals surface area contributed by atoms with Gasteiger partial charge in [0.15, 0.2) is 0 Å². The molecule has 0 aliphatic carbocycles. The van der Waals surface area contributed by atoms with Gasteiger partial charge in [-0.05, 0) is 38.4 Å². The number of carbonyl (C=O) groups excluding carboxylic acids is 1. The van der Waals surface area contributed by atoms with Crippen molar-refractivity contribution >= 4 is 17.5 Å². The summed E-state index contributed by atoms with van der Waals surface area (Å²) in [6, 6.07) is 6.10. The molecule has 1 atom stereocenters. The number of rotatable bonds is 7. The molecule has 0 fully saturated rings. The van der Waals surface area contributed by atoms with Gasteiger partial charge < -0.3 is 24.6 Å². The Hall–Kier alpha value is -2.91. The third-order valence-electron chi connectivity index (χ3n) is 3.38. The largest absolute Gasteiger partial charge is 0.491 e. The van der Waals surface area contributed by atoms with Crippen LogP contribution in [0.25, 0.3) is 0 Å². The molecule has 1 unspecified atom stereocenters. The van der Waals surface area contributed by atoms with Gasteiger partial charge in [0.25, 0.3) is 5.56 Å². The molecule has 0 aliphatic rings. The fraction of sp³-hybridized carbons (Fsp3) is 0.353. The van der Waals surface area contributed by atoms with Gasteiger partial charge in [-0.2, -0.15) is 0 Å². The second-order valence-corrected chi connectivity index (χ2v) is 6.02. The van der Waals surface area contributed by atoms with E-state index >= 15 is 0 Å². The highest BCUT2D eigenvalue weighted by Gasteiger charge is 2.09. The number of nitrogens with zero attached hydrogens (tertiary/aromatic N) is 3. The fourth-order valence-electron chi connectivity index (χ4n) is 2.15. The molecule has 0 radical (unpaired) electrons. The molecule has 0 saturated carbocycles. The lowest BCUT2D eigenvalue weighted by molar-refractivity contribution is 0.0831. The van der Waals surface area contributed by atoms with Crippen LogP contribution in [0.4, 0.5) is 16.3 Å². The molecule has 2 rings (SSSR count). The van der Waals surface area contributed by atoms with Crippen molar-refractivity contribution in [2.24, 2.45) is 7.05 Å². The third kappa shape index (κ3) is 5.87. The molecule has 1 heterocycles. The lowest BCUT2D eigenvalue weighted by atomic mass is 10.3. The predicted molar refractivity (Wildman–Crippen MR) is 98.6 cm³/mol. The zero-order chi connectivity index (χ0) is 19.1. The highest BCUT2D eigenvalue weighted by Crippen LogP contribution is 2.16. The molecule has 1 aromatic heterocycles. The number of aliphatic hydroxyl groups excluding tert-OH is 1. The Morgan fingerprint density at radius 2 is 2.00 bits per heavy atom. The second-order valence-electron chi connectivity index (χ2n) is 6.02. The zero-order valence-corrected chi connectivity index (χ0v) is 15.0. The summed E-state index contributed by atoms with van der Waals surface area (Å²) in [5, 5.41) is 14.8. The van der Waals surface area contributed by atoms with E-state index in [1.165, 1.54) is 17.0 Å². The highest BCUT2D eigenvalue weighted by atomic mass is 16.5. The molecule has 2 amide bonds. The molecule has 0 bridgehead atoms. The van der Waals surface area contributed by atoms with E-state index in [1.54, 1.807) is 31.3 Å². The monoisotopic (exact) mass is 361 g/mol. The topological polar surface area (TPSA) is 109 Å². The first-order valence-corrected chi connectivity index (χ1v) is 8.00. The Labute approximate surface area is 151 Å². The molecule has 1 aromatic carbocycles. The van der Waals surface area contributed by atoms with Crippen molar-refractivity contribution in [2.75, 3.05) is 37.9 Å². The minimum absolute atomic E-state index is 0.0534. The van der Waals surface area contributed by atoms with E-state index in [0.717, 1.165) is 0 Å². The van der Waals surface area contributed by atoms with Crippen LogP contribution in [0.2, 0.25) is 0 Å². The number of urea groups is 1. The number of aliphatic hydroxyl groups is 1. The van der Waals surface area contributed by atoms with Crippen LogP contribution in [0.5, 0.6) is 5.75 Å². The lowest BCUT2D eigenvalue weighted by Crippen LogP contribution is -2.30. The number of aryl methyl sites for hydroxylation is 1. The van der Waals surface area contributed by atoms with Crippen LogP contribution >= 0.6 is 0 Å². The maximum absolute atomic E-state index is 12.0. The Kier molecular flexibility index (Phi) is 6.70. The molecule has 2 aromatic rings. The molecule has 3 N–H and O–H groups in total. The standard InChI is InChI=1S/C17H23N5O4/c1-21(2)10-13(23)11-26-14-6-4-12(5-7-14)19-17(25)20-15-16(24)22(3)9-8-18-15/h4-9,13,23H,10-11H2,1-3H3,(H2,18,19,20,25). The summed E-state index contributed by atoms with van der Waals surface area (Å²) in [5.74, 6) is 0.523. The van der Waals surface area contributed by atoms with E-state index in [-0.39, 0.29) is 12.4 Å². The van der Waals surface area contributed by atoms with Crippen LogP contribution in [0.15, 0.2) is 41.5 Å². The molecule has 0 saturated heterocycles. The second kappa shape index (κ2) is 8.97. The van der Waals surface area contributed by atoms with Crippen LogP contribution in [0.1, 0.15) is 0 Å². The Morgan fingerprint density at radius 3 is 2.65 bits per heavy atom. The number of nitrogens with one attached hydrogen (secondary N) is 2. The maximum atomic E-state index is 12.0. The van der Waals surface area contributed by atoms with Crippen LogP contribution in [0, 0.1) is 0 Å². The number of hydrogen-bond donors (Lipinski definition) is 3. The number of carbonyl (C=O) groups is 1. The molecule has 9 nitrogen and oxygen atoms in total. The van der Waals surface area contributed by atoms with E-state index in [2.05, 4.69) is 15.6 Å². The van der Waals surface area contributed by atoms with E-state index in [9.17, 15) is 14.7 Å². The molecule has 140 valence electrons. The third-order valence-corrected chi connectivity index (χ3v) is 3.38. The lowest BCUT2D eigenvalue weighted by Gasteiger charge is -2.16. The van der Waals surface area contributed by atoms with Gasteiger partial charge in [-0.3, -0.25) is 10.1 Å². The number of amides is 2. The van der Waals surface area contributed by atoms with Gasteiger partial charge in [0.2, 0.25) is 5.82 Å². The van der Waals surface area contributed by atoms with E-state index in [4.69, 9.17) is 4.74 Å². The smallest absolute Gasteiger partial charge is 0.325 e. The van der Waals surface area contributed by atoms with Crippen molar-refractivity contribution in [1.82, 2.24) is 14.5 Å². The van der Waals surface area contributed by atoms with Crippen LogP contribution in [-0.4, -0.2) is 58.9 Å². The fourth-order valence-corrected chi connectivity index (χ4v) is 2.15. The summed E-state index contributed by atoms with van der Waals surface area (Å²) >= 11 is 0. The van der Waals surface area contributed by atoms with Crippen molar-refractivity contribution in [3.05, 3.63) is 47.0 Å². The average molecular weight is 361 g/mol. The number of likely N-dealkylation sites (N-methyl/N-ethyl adjacent to an activating group) is 1. The summed E-state index contributed by atoms with van der Waals surface area (Å²) in [6.45, 7) is 0.682. The average Bonchev–Trinajstić information content (AvgIpc) is 2.58. The molecule has 0 aliphatic heterocycles. The van der Waals surface area contributed by atoms with E-state index in [1.807, 2.05) is 19.0 Å². The van der Waals surface area contributed by atoms with Gasteiger partial charge in [-0.15, -0.1) is 0 Å². The summed E-state index contributed by atoms with van der Waals surface area (Å²) in [5.41, 5.74) is 0.124. The van der Waals surface area contributed by atoms with Gasteiger partial charge in [0, 0.05) is 31.7 Å². The van der Waals surface area contributed by atoms with E-state index in [0.29, 0.717) is 18.0 Å². The van der Waals surface area contributed by atoms with Crippen LogP contribution in [-0.2, 0) is 7.05 Å². The van der Waals surface area contributed by atoms with Crippen molar-refractivity contribution in [2.45, 2.75) is 6.10 Å².